The maximum Gasteiger partial charge on any atom is 0.341 e. The average Bonchev–Trinajstić information content (AvgIpc) is 3.63. The lowest BCUT2D eigenvalue weighted by Gasteiger charge is -2.27. The summed E-state index contributed by atoms with van der Waals surface area (Å²) in [6.45, 7) is 9.70. The van der Waals surface area contributed by atoms with Gasteiger partial charge in [-0.3, -0.25) is 9.88 Å². The molecule has 38 heavy (non-hydrogen) atoms. The highest BCUT2D eigenvalue weighted by molar-refractivity contribution is 6.00. The van der Waals surface area contributed by atoms with E-state index in [4.69, 9.17) is 20.3 Å². The van der Waals surface area contributed by atoms with Crippen LogP contribution in [0.4, 0.5) is 22.2 Å². The van der Waals surface area contributed by atoms with E-state index in [0.717, 1.165) is 65.6 Å². The van der Waals surface area contributed by atoms with E-state index in [1.807, 2.05) is 49.9 Å². The van der Waals surface area contributed by atoms with Crippen LogP contribution in [0.3, 0.4) is 0 Å². The van der Waals surface area contributed by atoms with Gasteiger partial charge in [0.2, 0.25) is 5.95 Å². The average molecular weight is 515 g/mol. The summed E-state index contributed by atoms with van der Waals surface area (Å²) in [5.74, 6) is 8.75. The fourth-order valence-corrected chi connectivity index (χ4v) is 4.56. The summed E-state index contributed by atoms with van der Waals surface area (Å²) in [5, 5.41) is 11.0. The van der Waals surface area contributed by atoms with Crippen LogP contribution < -0.4 is 26.4 Å². The summed E-state index contributed by atoms with van der Waals surface area (Å²) in [4.78, 5) is 29.1. The molecule has 0 bridgehead atoms. The van der Waals surface area contributed by atoms with Crippen molar-refractivity contribution in [3.05, 3.63) is 60.0 Å². The Morgan fingerprint density at radius 2 is 1.92 bits per heavy atom. The molecular formula is C26H30N10O2. The number of rotatable bonds is 4. The van der Waals surface area contributed by atoms with Crippen molar-refractivity contribution in [2.45, 2.75) is 32.6 Å². The lowest BCUT2D eigenvalue weighted by atomic mass is 9.93. The third kappa shape index (κ3) is 4.48. The fourth-order valence-electron chi connectivity index (χ4n) is 4.56. The van der Waals surface area contributed by atoms with E-state index in [-0.39, 0.29) is 5.41 Å². The third-order valence-corrected chi connectivity index (χ3v) is 6.74. The van der Waals surface area contributed by atoms with Crippen molar-refractivity contribution in [3.63, 3.8) is 0 Å². The molecule has 4 aromatic rings. The summed E-state index contributed by atoms with van der Waals surface area (Å²) in [6.07, 6.45) is 4.54. The molecule has 2 aliphatic heterocycles. The van der Waals surface area contributed by atoms with Gasteiger partial charge >= 0.3 is 6.03 Å². The molecule has 0 saturated carbocycles. The molecule has 0 radical (unpaired) electrons. The predicted octanol–water partition coefficient (Wildman–Crippen LogP) is 2.84. The monoisotopic (exact) mass is 514 g/mol. The second kappa shape index (κ2) is 9.23. The third-order valence-electron chi connectivity index (χ3n) is 6.74. The molecule has 5 heterocycles. The van der Waals surface area contributed by atoms with Gasteiger partial charge in [-0.15, -0.1) is 0 Å². The molecule has 3 aromatic heterocycles. The Morgan fingerprint density at radius 3 is 2.63 bits per heavy atom. The highest BCUT2D eigenvalue weighted by Gasteiger charge is 2.25. The number of imidazole rings is 1. The SMILES string of the molecule is CC(C)(C)c1cc(NC(=O)N(N)c2ccc(-c3cn4c(n3)Cc3nc(N5CCNCC5)ncc3-4)cc2)no1. The molecule has 6 rings (SSSR count). The Kier molecular flexibility index (Phi) is 5.84. The Bertz CT molecular complexity index is 1480. The van der Waals surface area contributed by atoms with E-state index in [2.05, 4.69) is 25.7 Å². The van der Waals surface area contributed by atoms with Crippen molar-refractivity contribution in [3.8, 4) is 16.9 Å². The smallest absolute Gasteiger partial charge is 0.341 e. The van der Waals surface area contributed by atoms with Gasteiger partial charge < -0.3 is 14.7 Å². The van der Waals surface area contributed by atoms with Crippen molar-refractivity contribution in [2.24, 2.45) is 5.84 Å². The number of piperazine rings is 1. The minimum Gasteiger partial charge on any atom is -0.359 e. The van der Waals surface area contributed by atoms with Gasteiger partial charge in [-0.1, -0.05) is 38.1 Å². The zero-order valence-corrected chi connectivity index (χ0v) is 21.6. The zero-order valence-electron chi connectivity index (χ0n) is 21.6. The van der Waals surface area contributed by atoms with Gasteiger partial charge in [0.1, 0.15) is 11.6 Å². The van der Waals surface area contributed by atoms with Gasteiger partial charge in [-0.25, -0.2) is 30.6 Å². The second-order valence-corrected chi connectivity index (χ2v) is 10.5. The van der Waals surface area contributed by atoms with Gasteiger partial charge in [0.25, 0.3) is 0 Å². The standard InChI is InChI=1S/C26H30N10O2/c1-26(2,3)21-13-22(33-38-21)32-25(37)36(27)17-6-4-16(5-7-17)19-15-35-20-14-29-24(34-10-8-28-9-11-34)31-18(20)12-23(35)30-19/h4-7,13-15,28H,8-12,27H2,1-3H3,(H,32,33,37). The molecule has 1 fully saturated rings. The number of anilines is 3. The van der Waals surface area contributed by atoms with Crippen molar-refractivity contribution < 1.29 is 9.32 Å². The summed E-state index contributed by atoms with van der Waals surface area (Å²) < 4.78 is 7.36. The Morgan fingerprint density at radius 1 is 1.16 bits per heavy atom. The molecule has 1 aromatic carbocycles. The van der Waals surface area contributed by atoms with E-state index in [1.54, 1.807) is 18.2 Å². The van der Waals surface area contributed by atoms with Crippen LogP contribution in [0, 0.1) is 0 Å². The first-order valence-electron chi connectivity index (χ1n) is 12.6. The molecule has 12 nitrogen and oxygen atoms in total. The number of hydrogen-bond donors (Lipinski definition) is 3. The highest BCUT2D eigenvalue weighted by Crippen LogP contribution is 2.31. The Balaban J connectivity index is 1.14. The number of hydrazine groups is 1. The minimum absolute atomic E-state index is 0.218. The first kappa shape index (κ1) is 24.1. The summed E-state index contributed by atoms with van der Waals surface area (Å²) >= 11 is 0. The maximum atomic E-state index is 12.6. The quantitative estimate of drug-likeness (QED) is 0.187. The van der Waals surface area contributed by atoms with Gasteiger partial charge in [0.05, 0.1) is 35.4 Å². The molecular weight excluding hydrogens is 484 g/mol. The second-order valence-electron chi connectivity index (χ2n) is 10.5. The van der Waals surface area contributed by atoms with Gasteiger partial charge in [0.15, 0.2) is 5.82 Å². The van der Waals surface area contributed by atoms with Crippen LogP contribution in [0.25, 0.3) is 16.9 Å². The number of aromatic nitrogens is 5. The van der Waals surface area contributed by atoms with Crippen molar-refractivity contribution in [1.29, 1.82) is 0 Å². The Hall–Kier alpha value is -4.29. The van der Waals surface area contributed by atoms with E-state index >= 15 is 0 Å². The number of benzene rings is 1. The van der Waals surface area contributed by atoms with Crippen molar-refractivity contribution in [1.82, 2.24) is 30.0 Å². The minimum atomic E-state index is -0.524. The predicted molar refractivity (Wildman–Crippen MR) is 143 cm³/mol. The first-order chi connectivity index (χ1) is 18.3. The van der Waals surface area contributed by atoms with Crippen LogP contribution in [0.5, 0.6) is 0 Å². The molecule has 0 aliphatic carbocycles. The van der Waals surface area contributed by atoms with Crippen LogP contribution in [-0.4, -0.2) is 56.9 Å². The van der Waals surface area contributed by atoms with Crippen molar-refractivity contribution in [2.75, 3.05) is 41.4 Å². The first-order valence-corrected chi connectivity index (χ1v) is 12.6. The molecule has 0 atom stereocenters. The fraction of sp³-hybridized carbons (Fsp3) is 0.346. The summed E-state index contributed by atoms with van der Waals surface area (Å²) in [6, 6.07) is 8.50. The maximum absolute atomic E-state index is 12.6. The Labute approximate surface area is 219 Å². The summed E-state index contributed by atoms with van der Waals surface area (Å²) in [7, 11) is 0. The number of urea groups is 1. The van der Waals surface area contributed by atoms with Crippen LogP contribution in [0.2, 0.25) is 0 Å². The molecule has 12 heteroatoms. The van der Waals surface area contributed by atoms with Gasteiger partial charge in [-0.05, 0) is 12.1 Å². The van der Waals surface area contributed by atoms with E-state index in [0.29, 0.717) is 23.7 Å². The molecule has 2 aliphatic rings. The topological polar surface area (TPSA) is 143 Å². The number of nitrogens with zero attached hydrogens (tertiary/aromatic N) is 7. The lowest BCUT2D eigenvalue weighted by molar-refractivity contribution is 0.256. The van der Waals surface area contributed by atoms with E-state index in [1.165, 1.54) is 0 Å². The highest BCUT2D eigenvalue weighted by atomic mass is 16.5. The molecule has 196 valence electrons. The number of fused-ring (bicyclic) bond motifs is 3. The van der Waals surface area contributed by atoms with Crippen LogP contribution in [0.1, 0.15) is 38.0 Å². The molecule has 0 spiro atoms. The molecule has 0 unspecified atom stereocenters. The number of carbonyl (C=O) groups excluding carboxylic acids is 1. The molecule has 4 N–H and O–H groups in total. The lowest BCUT2D eigenvalue weighted by Crippen LogP contribution is -2.44. The largest absolute Gasteiger partial charge is 0.359 e. The molecule has 1 saturated heterocycles. The van der Waals surface area contributed by atoms with Crippen LogP contribution in [0.15, 0.2) is 47.2 Å². The van der Waals surface area contributed by atoms with E-state index in [9.17, 15) is 4.79 Å². The number of nitrogens with one attached hydrogen (secondary N) is 2. The van der Waals surface area contributed by atoms with Crippen LogP contribution in [-0.2, 0) is 11.8 Å². The number of amides is 2. The number of carbonyl (C=O) groups is 1. The van der Waals surface area contributed by atoms with Crippen molar-refractivity contribution >= 4 is 23.5 Å². The molecule has 2 amide bonds. The van der Waals surface area contributed by atoms with Gasteiger partial charge in [-0.2, -0.15) is 0 Å². The normalized spacial score (nSPS) is 14.8. The summed E-state index contributed by atoms with van der Waals surface area (Å²) in [5.41, 5.74) is 4.00. The number of nitrogens with two attached hydrogens (primary N) is 1. The van der Waals surface area contributed by atoms with Crippen LogP contribution >= 0.6 is 0 Å². The zero-order chi connectivity index (χ0) is 26.4. The number of hydrogen-bond acceptors (Lipinski definition) is 9. The van der Waals surface area contributed by atoms with E-state index < -0.39 is 6.03 Å². The van der Waals surface area contributed by atoms with Gasteiger partial charge in [0, 0.05) is 49.4 Å².